The van der Waals surface area contributed by atoms with Crippen molar-refractivity contribution in [3.63, 3.8) is 0 Å². The van der Waals surface area contributed by atoms with Crippen molar-refractivity contribution in [3.8, 4) is 5.75 Å². The van der Waals surface area contributed by atoms with Crippen LogP contribution in [0.4, 0.5) is 11.6 Å². The molecular formula is C22H23ClN4O3. The lowest BCUT2D eigenvalue weighted by molar-refractivity contribution is 0.112. The zero-order chi connectivity index (χ0) is 21.1. The molecule has 0 saturated carbocycles. The highest BCUT2D eigenvalue weighted by atomic mass is 35.5. The number of piperidine rings is 1. The molecule has 2 aromatic carbocycles. The monoisotopic (exact) mass is 426 g/mol. The lowest BCUT2D eigenvalue weighted by atomic mass is 10.1. The van der Waals surface area contributed by atoms with Crippen molar-refractivity contribution in [3.05, 3.63) is 52.5 Å². The molecule has 0 spiro atoms. The molecule has 0 bridgehead atoms. The Kier molecular flexibility index (Phi) is 6.01. The van der Waals surface area contributed by atoms with Gasteiger partial charge in [-0.2, -0.15) is 0 Å². The van der Waals surface area contributed by atoms with E-state index in [0.717, 1.165) is 41.5 Å². The fourth-order valence-electron chi connectivity index (χ4n) is 3.68. The first-order valence-corrected chi connectivity index (χ1v) is 10.2. The van der Waals surface area contributed by atoms with E-state index >= 15 is 0 Å². The van der Waals surface area contributed by atoms with Gasteiger partial charge in [-0.1, -0.05) is 23.7 Å². The van der Waals surface area contributed by atoms with Crippen molar-refractivity contribution in [2.24, 2.45) is 0 Å². The van der Waals surface area contributed by atoms with Crippen molar-refractivity contribution in [2.45, 2.75) is 25.5 Å². The Morgan fingerprint density at radius 2 is 2.00 bits per heavy atom. The second-order valence-electron chi connectivity index (χ2n) is 7.34. The number of nitrogens with one attached hydrogen (secondary N) is 1. The van der Waals surface area contributed by atoms with Gasteiger partial charge in [-0.25, -0.2) is 0 Å². The molecule has 0 radical (unpaired) electrons. The number of aliphatic hydroxyl groups is 1. The molecule has 8 heteroatoms. The number of carbonyl (C=O) groups excluding carboxylic acids is 1. The number of aliphatic hydroxyl groups excluding tert-OH is 1. The lowest BCUT2D eigenvalue weighted by Crippen LogP contribution is -2.36. The fourth-order valence-corrected chi connectivity index (χ4v) is 3.96. The molecule has 30 heavy (non-hydrogen) atoms. The summed E-state index contributed by atoms with van der Waals surface area (Å²) < 4.78 is 5.20. The number of benzene rings is 2. The summed E-state index contributed by atoms with van der Waals surface area (Å²) in [6.07, 6.45) is 1.96. The Bertz CT molecular complexity index is 1070. The summed E-state index contributed by atoms with van der Waals surface area (Å²) in [5.74, 6) is 1.99. The smallest absolute Gasteiger partial charge is 0.159 e. The van der Waals surface area contributed by atoms with Gasteiger partial charge in [0.25, 0.3) is 0 Å². The zero-order valence-electron chi connectivity index (χ0n) is 16.6. The minimum atomic E-state index is -0.264. The number of fused-ring (bicyclic) bond motifs is 1. The van der Waals surface area contributed by atoms with Gasteiger partial charge in [-0.15, -0.1) is 10.2 Å². The van der Waals surface area contributed by atoms with Gasteiger partial charge in [0, 0.05) is 36.0 Å². The summed E-state index contributed by atoms with van der Waals surface area (Å²) in [7, 11) is 1.58. The molecule has 1 aromatic heterocycles. The van der Waals surface area contributed by atoms with E-state index in [0.29, 0.717) is 41.5 Å². The first-order valence-electron chi connectivity index (χ1n) is 9.84. The molecule has 156 valence electrons. The molecule has 1 fully saturated rings. The number of aldehydes is 1. The molecule has 2 N–H and O–H groups in total. The van der Waals surface area contributed by atoms with E-state index in [4.69, 9.17) is 16.3 Å². The third kappa shape index (κ3) is 4.17. The van der Waals surface area contributed by atoms with E-state index in [1.165, 1.54) is 0 Å². The number of anilines is 2. The van der Waals surface area contributed by atoms with Gasteiger partial charge in [0.1, 0.15) is 12.0 Å². The van der Waals surface area contributed by atoms with Crippen LogP contribution in [0.25, 0.3) is 10.8 Å². The predicted molar refractivity (Wildman–Crippen MR) is 118 cm³/mol. The third-order valence-electron chi connectivity index (χ3n) is 5.36. The van der Waals surface area contributed by atoms with Gasteiger partial charge in [0.05, 0.1) is 18.2 Å². The number of ether oxygens (including phenoxy) is 1. The molecular weight excluding hydrogens is 404 g/mol. The number of nitrogens with zero attached hydrogens (tertiary/aromatic N) is 3. The standard InChI is InChI=1S/C22H23ClN4O3/c1-30-20-5-3-14(11-19(20)23)12-24-21-18-10-15(13-28)2-4-17(18)22(26-25-21)27-8-6-16(29)7-9-27/h2-5,10-11,13,16,29H,6-9,12H2,1H3,(H,24,25). The summed E-state index contributed by atoms with van der Waals surface area (Å²) in [4.78, 5) is 13.5. The number of halogens is 1. The normalized spacial score (nSPS) is 14.7. The lowest BCUT2D eigenvalue weighted by Gasteiger charge is -2.31. The van der Waals surface area contributed by atoms with Crippen LogP contribution in [0.2, 0.25) is 5.02 Å². The average Bonchev–Trinajstić information content (AvgIpc) is 2.77. The summed E-state index contributed by atoms with van der Waals surface area (Å²) in [6, 6.07) is 11.1. The maximum atomic E-state index is 11.3. The highest BCUT2D eigenvalue weighted by molar-refractivity contribution is 6.32. The van der Waals surface area contributed by atoms with Crippen LogP contribution < -0.4 is 15.0 Å². The molecule has 0 unspecified atom stereocenters. The first-order chi connectivity index (χ1) is 14.6. The molecule has 4 rings (SSSR count). The highest BCUT2D eigenvalue weighted by Gasteiger charge is 2.21. The topological polar surface area (TPSA) is 87.6 Å². The van der Waals surface area contributed by atoms with Crippen LogP contribution in [0.15, 0.2) is 36.4 Å². The maximum Gasteiger partial charge on any atom is 0.159 e. The number of hydrogen-bond donors (Lipinski definition) is 2. The van der Waals surface area contributed by atoms with E-state index in [9.17, 15) is 9.90 Å². The van der Waals surface area contributed by atoms with Crippen LogP contribution in [0.5, 0.6) is 5.75 Å². The number of carbonyl (C=O) groups is 1. The van der Waals surface area contributed by atoms with Crippen LogP contribution in [0.3, 0.4) is 0 Å². The van der Waals surface area contributed by atoms with Crippen molar-refractivity contribution >= 4 is 40.3 Å². The largest absolute Gasteiger partial charge is 0.495 e. The van der Waals surface area contributed by atoms with Crippen LogP contribution in [0, 0.1) is 0 Å². The number of hydrogen-bond acceptors (Lipinski definition) is 7. The molecule has 1 aliphatic rings. The molecule has 0 atom stereocenters. The molecule has 0 aliphatic carbocycles. The minimum Gasteiger partial charge on any atom is -0.495 e. The van der Waals surface area contributed by atoms with Crippen LogP contribution in [-0.4, -0.2) is 47.9 Å². The SMILES string of the molecule is COc1ccc(CNc2nnc(N3CCC(O)CC3)c3ccc(C=O)cc23)cc1Cl. The van der Waals surface area contributed by atoms with Crippen LogP contribution in [-0.2, 0) is 6.54 Å². The van der Waals surface area contributed by atoms with Gasteiger partial charge in [0.15, 0.2) is 11.6 Å². The molecule has 1 aliphatic heterocycles. The second-order valence-corrected chi connectivity index (χ2v) is 7.74. The Morgan fingerprint density at radius 1 is 1.20 bits per heavy atom. The second kappa shape index (κ2) is 8.85. The number of methoxy groups -OCH3 is 1. The summed E-state index contributed by atoms with van der Waals surface area (Å²) in [5.41, 5.74) is 1.54. The predicted octanol–water partition coefficient (Wildman–Crippen LogP) is 3.68. The molecule has 3 aromatic rings. The Balaban J connectivity index is 1.65. The molecule has 0 amide bonds. The van der Waals surface area contributed by atoms with Gasteiger partial charge in [-0.3, -0.25) is 4.79 Å². The number of aromatic nitrogens is 2. The van der Waals surface area contributed by atoms with Crippen molar-refractivity contribution in [2.75, 3.05) is 30.4 Å². The van der Waals surface area contributed by atoms with E-state index in [1.807, 2.05) is 30.3 Å². The van der Waals surface area contributed by atoms with Gasteiger partial charge < -0.3 is 20.1 Å². The first kappa shape index (κ1) is 20.4. The van der Waals surface area contributed by atoms with E-state index in [-0.39, 0.29) is 6.10 Å². The Morgan fingerprint density at radius 3 is 2.70 bits per heavy atom. The minimum absolute atomic E-state index is 0.264. The van der Waals surface area contributed by atoms with Crippen molar-refractivity contribution in [1.29, 1.82) is 0 Å². The highest BCUT2D eigenvalue weighted by Crippen LogP contribution is 2.31. The molecule has 2 heterocycles. The Labute approximate surface area is 179 Å². The average molecular weight is 427 g/mol. The number of rotatable bonds is 6. The van der Waals surface area contributed by atoms with Crippen molar-refractivity contribution in [1.82, 2.24) is 10.2 Å². The van der Waals surface area contributed by atoms with Gasteiger partial charge >= 0.3 is 0 Å². The fraction of sp³-hybridized carbons (Fsp3) is 0.318. The summed E-state index contributed by atoms with van der Waals surface area (Å²) in [5, 5.41) is 24.3. The van der Waals surface area contributed by atoms with Gasteiger partial charge in [-0.05, 0) is 42.7 Å². The molecule has 1 saturated heterocycles. The third-order valence-corrected chi connectivity index (χ3v) is 5.66. The Hall–Kier alpha value is -2.90. The summed E-state index contributed by atoms with van der Waals surface area (Å²) in [6.45, 7) is 1.93. The van der Waals surface area contributed by atoms with E-state index in [2.05, 4.69) is 20.4 Å². The van der Waals surface area contributed by atoms with Crippen LogP contribution in [0.1, 0.15) is 28.8 Å². The van der Waals surface area contributed by atoms with E-state index < -0.39 is 0 Å². The maximum absolute atomic E-state index is 11.3. The van der Waals surface area contributed by atoms with E-state index in [1.54, 1.807) is 13.2 Å². The van der Waals surface area contributed by atoms with Crippen molar-refractivity contribution < 1.29 is 14.6 Å². The quantitative estimate of drug-likeness (QED) is 0.581. The molecule has 7 nitrogen and oxygen atoms in total. The van der Waals surface area contributed by atoms with Crippen LogP contribution >= 0.6 is 11.6 Å². The van der Waals surface area contributed by atoms with Gasteiger partial charge in [0.2, 0.25) is 0 Å². The zero-order valence-corrected chi connectivity index (χ0v) is 17.4. The summed E-state index contributed by atoms with van der Waals surface area (Å²) >= 11 is 6.22.